The first kappa shape index (κ1) is 8.40. The number of thiophene rings is 1. The predicted molar refractivity (Wildman–Crippen MR) is 51.0 cm³/mol. The number of hydrogen-bond acceptors (Lipinski definition) is 4. The summed E-state index contributed by atoms with van der Waals surface area (Å²) < 4.78 is 1.97. The largest absolute Gasteiger partial charge is 0.394 e. The molecular formula is C8H8N2O2S. The van der Waals surface area contributed by atoms with Crippen molar-refractivity contribution in [2.45, 2.75) is 6.54 Å². The molecule has 1 N–H and O–H groups in total. The molecule has 0 saturated heterocycles. The van der Waals surface area contributed by atoms with E-state index in [-0.39, 0.29) is 18.7 Å². The molecule has 0 spiro atoms. The van der Waals surface area contributed by atoms with Crippen LogP contribution in [0.25, 0.3) is 10.1 Å². The number of aromatic nitrogens is 2. The summed E-state index contributed by atoms with van der Waals surface area (Å²) in [6.07, 6.45) is 1.64. The molecule has 2 aromatic heterocycles. The Morgan fingerprint density at radius 1 is 1.62 bits per heavy atom. The van der Waals surface area contributed by atoms with Crippen LogP contribution < -0.4 is 5.56 Å². The highest BCUT2D eigenvalue weighted by molar-refractivity contribution is 7.17. The molecule has 2 heterocycles. The number of rotatable bonds is 2. The molecule has 0 aliphatic rings. The van der Waals surface area contributed by atoms with Crippen molar-refractivity contribution in [3.63, 3.8) is 0 Å². The minimum atomic E-state index is -0.124. The van der Waals surface area contributed by atoms with Gasteiger partial charge in [-0.2, -0.15) is 5.10 Å². The van der Waals surface area contributed by atoms with Crippen molar-refractivity contribution < 1.29 is 5.11 Å². The summed E-state index contributed by atoms with van der Waals surface area (Å²) >= 11 is 1.40. The van der Waals surface area contributed by atoms with Gasteiger partial charge in [0.25, 0.3) is 5.56 Å². The molecule has 0 unspecified atom stereocenters. The standard InChI is InChI=1S/C8H8N2O2S/c11-3-2-10-8(12)7-6(5-9-10)1-4-13-7/h1,4-5,11H,2-3H2. The van der Waals surface area contributed by atoms with E-state index >= 15 is 0 Å². The lowest BCUT2D eigenvalue weighted by atomic mass is 10.4. The zero-order valence-corrected chi connectivity index (χ0v) is 7.62. The second-order valence-corrected chi connectivity index (χ2v) is 3.52. The second kappa shape index (κ2) is 3.27. The van der Waals surface area contributed by atoms with Crippen molar-refractivity contribution in [3.05, 3.63) is 28.0 Å². The van der Waals surface area contributed by atoms with Gasteiger partial charge in [-0.05, 0) is 11.4 Å². The molecule has 0 amide bonds. The number of nitrogens with zero attached hydrogens (tertiary/aromatic N) is 2. The maximum Gasteiger partial charge on any atom is 0.284 e. The Morgan fingerprint density at radius 3 is 3.23 bits per heavy atom. The summed E-state index contributed by atoms with van der Waals surface area (Å²) in [7, 11) is 0. The van der Waals surface area contributed by atoms with Crippen LogP contribution in [0.15, 0.2) is 22.4 Å². The van der Waals surface area contributed by atoms with Gasteiger partial charge in [-0.1, -0.05) is 0 Å². The summed E-state index contributed by atoms with van der Waals surface area (Å²) in [5, 5.41) is 15.3. The number of fused-ring (bicyclic) bond motifs is 1. The van der Waals surface area contributed by atoms with Crippen LogP contribution in [0.1, 0.15) is 0 Å². The molecule has 0 aromatic carbocycles. The van der Waals surface area contributed by atoms with Crippen LogP contribution >= 0.6 is 11.3 Å². The van der Waals surface area contributed by atoms with Crippen LogP contribution in [0.5, 0.6) is 0 Å². The van der Waals surface area contributed by atoms with Crippen molar-refractivity contribution in [2.24, 2.45) is 0 Å². The minimum Gasteiger partial charge on any atom is -0.394 e. The summed E-state index contributed by atoms with van der Waals surface area (Å²) in [4.78, 5) is 11.6. The molecule has 0 radical (unpaired) electrons. The number of hydrogen-bond donors (Lipinski definition) is 1. The lowest BCUT2D eigenvalue weighted by Crippen LogP contribution is -2.23. The van der Waals surface area contributed by atoms with Gasteiger partial charge in [-0.25, -0.2) is 4.68 Å². The van der Waals surface area contributed by atoms with Crippen LogP contribution in [-0.2, 0) is 6.54 Å². The molecule has 0 fully saturated rings. The van der Waals surface area contributed by atoms with E-state index in [1.807, 2.05) is 11.4 Å². The molecule has 0 aliphatic carbocycles. The fraction of sp³-hybridized carbons (Fsp3) is 0.250. The summed E-state index contributed by atoms with van der Waals surface area (Å²) in [6.45, 7) is 0.191. The smallest absolute Gasteiger partial charge is 0.284 e. The first-order valence-electron chi connectivity index (χ1n) is 3.87. The van der Waals surface area contributed by atoms with Gasteiger partial charge in [0.15, 0.2) is 0 Å². The van der Waals surface area contributed by atoms with Gasteiger partial charge in [0.05, 0.1) is 19.3 Å². The molecule has 0 bridgehead atoms. The number of aliphatic hydroxyl groups excluding tert-OH is 1. The zero-order valence-electron chi connectivity index (χ0n) is 6.80. The molecule has 0 saturated carbocycles. The Hall–Kier alpha value is -1.20. The van der Waals surface area contributed by atoms with Crippen molar-refractivity contribution >= 4 is 21.4 Å². The Morgan fingerprint density at radius 2 is 2.46 bits per heavy atom. The third-order valence-corrected chi connectivity index (χ3v) is 2.69. The lowest BCUT2D eigenvalue weighted by molar-refractivity contribution is 0.266. The Labute approximate surface area is 78.1 Å². The SMILES string of the molecule is O=c1c2sccc2cnn1CCO. The van der Waals surface area contributed by atoms with E-state index < -0.39 is 0 Å². The Bertz CT molecular complexity index is 474. The second-order valence-electron chi connectivity index (χ2n) is 2.60. The third-order valence-electron chi connectivity index (χ3n) is 1.77. The first-order valence-corrected chi connectivity index (χ1v) is 4.75. The average molecular weight is 196 g/mol. The van der Waals surface area contributed by atoms with Crippen LogP contribution in [0.3, 0.4) is 0 Å². The molecule has 68 valence electrons. The lowest BCUT2D eigenvalue weighted by Gasteiger charge is -1.99. The van der Waals surface area contributed by atoms with E-state index in [0.717, 1.165) is 5.39 Å². The number of aliphatic hydroxyl groups is 1. The van der Waals surface area contributed by atoms with Gasteiger partial charge in [0.2, 0.25) is 0 Å². The van der Waals surface area contributed by atoms with Crippen molar-refractivity contribution in [1.29, 1.82) is 0 Å². The Balaban J connectivity index is 2.67. The van der Waals surface area contributed by atoms with Crippen LogP contribution in [0.4, 0.5) is 0 Å². The van der Waals surface area contributed by atoms with Crippen LogP contribution in [-0.4, -0.2) is 21.5 Å². The van der Waals surface area contributed by atoms with Crippen molar-refractivity contribution in [1.82, 2.24) is 9.78 Å². The normalized spacial score (nSPS) is 10.8. The van der Waals surface area contributed by atoms with Crippen molar-refractivity contribution in [2.75, 3.05) is 6.61 Å². The van der Waals surface area contributed by atoms with Crippen LogP contribution in [0.2, 0.25) is 0 Å². The highest BCUT2D eigenvalue weighted by Gasteiger charge is 2.03. The maximum atomic E-state index is 11.6. The predicted octanol–water partition coefficient (Wildman–Crippen LogP) is 0.450. The topological polar surface area (TPSA) is 55.1 Å². The fourth-order valence-corrected chi connectivity index (χ4v) is 1.96. The Kier molecular flexibility index (Phi) is 2.12. The van der Waals surface area contributed by atoms with Gasteiger partial charge < -0.3 is 5.11 Å². The zero-order chi connectivity index (χ0) is 9.26. The van der Waals surface area contributed by atoms with E-state index in [2.05, 4.69) is 5.10 Å². The van der Waals surface area contributed by atoms with Gasteiger partial charge in [0, 0.05) is 5.39 Å². The summed E-state index contributed by atoms with van der Waals surface area (Å²) in [5.74, 6) is 0. The first-order chi connectivity index (χ1) is 6.33. The highest BCUT2D eigenvalue weighted by atomic mass is 32.1. The molecule has 0 aliphatic heterocycles. The van der Waals surface area contributed by atoms with E-state index in [0.29, 0.717) is 4.70 Å². The van der Waals surface area contributed by atoms with E-state index in [1.165, 1.54) is 16.0 Å². The molecular weight excluding hydrogens is 188 g/mol. The van der Waals surface area contributed by atoms with E-state index in [1.54, 1.807) is 6.20 Å². The molecule has 5 heteroatoms. The van der Waals surface area contributed by atoms with E-state index in [4.69, 9.17) is 5.11 Å². The van der Waals surface area contributed by atoms with Gasteiger partial charge in [-0.3, -0.25) is 4.79 Å². The molecule has 2 aromatic rings. The van der Waals surface area contributed by atoms with Gasteiger partial charge in [-0.15, -0.1) is 11.3 Å². The quantitative estimate of drug-likeness (QED) is 0.758. The highest BCUT2D eigenvalue weighted by Crippen LogP contribution is 2.14. The summed E-state index contributed by atoms with van der Waals surface area (Å²) in [5.41, 5.74) is -0.124. The maximum absolute atomic E-state index is 11.6. The monoisotopic (exact) mass is 196 g/mol. The average Bonchev–Trinajstić information content (AvgIpc) is 2.58. The molecule has 0 atom stereocenters. The summed E-state index contributed by atoms with van der Waals surface area (Å²) in [6, 6.07) is 1.86. The third kappa shape index (κ3) is 1.36. The minimum absolute atomic E-state index is 0.0657. The van der Waals surface area contributed by atoms with E-state index in [9.17, 15) is 4.79 Å². The van der Waals surface area contributed by atoms with Gasteiger partial charge >= 0.3 is 0 Å². The molecule has 2 rings (SSSR count). The molecule has 13 heavy (non-hydrogen) atoms. The van der Waals surface area contributed by atoms with Gasteiger partial charge in [0.1, 0.15) is 4.70 Å². The fourth-order valence-electron chi connectivity index (χ4n) is 1.15. The molecule has 4 nitrogen and oxygen atoms in total. The van der Waals surface area contributed by atoms with Crippen molar-refractivity contribution in [3.8, 4) is 0 Å². The van der Waals surface area contributed by atoms with Crippen LogP contribution in [0, 0.1) is 0 Å².